The third kappa shape index (κ3) is 2.64. The Balaban J connectivity index is 2.76. The van der Waals surface area contributed by atoms with Crippen LogP contribution in [-0.2, 0) is 9.68 Å². The molecule has 1 saturated carbocycles. The summed E-state index contributed by atoms with van der Waals surface area (Å²) in [5.74, 6) is 0. The van der Waals surface area contributed by atoms with E-state index < -0.39 is 0 Å². The van der Waals surface area contributed by atoms with Crippen molar-refractivity contribution in [3.05, 3.63) is 9.81 Å². The highest BCUT2D eigenvalue weighted by atomic mass is 16.7. The maximum Gasteiger partial charge on any atom is 0.104 e. The lowest BCUT2D eigenvalue weighted by Gasteiger charge is -2.36. The minimum absolute atomic E-state index is 0.311. The second-order valence-corrected chi connectivity index (χ2v) is 3.55. The second kappa shape index (κ2) is 6.33. The lowest BCUT2D eigenvalue weighted by atomic mass is 9.91. The summed E-state index contributed by atoms with van der Waals surface area (Å²) in [6.07, 6.45) is 3.32. The minimum Gasteiger partial charge on any atom is -0.257 e. The number of nitroso groups, excluding NO2 is 2. The molecule has 0 aliphatic heterocycles. The van der Waals surface area contributed by atoms with Gasteiger partial charge in [-0.15, -0.1) is 20.2 Å². The molecule has 0 saturated heterocycles. The van der Waals surface area contributed by atoms with E-state index in [1.165, 1.54) is 14.2 Å². The Bertz CT molecular complexity index is 216. The molecule has 2 atom stereocenters. The fraction of sp³-hybridized carbons (Fsp3) is 1.00. The number of hydrogen-bond donors (Lipinski definition) is 0. The second-order valence-electron chi connectivity index (χ2n) is 3.55. The molecule has 1 aliphatic carbocycles. The molecule has 0 heterocycles. The molecule has 1 aliphatic rings. The quantitative estimate of drug-likeness (QED) is 0.508. The first-order chi connectivity index (χ1) is 7.78. The summed E-state index contributed by atoms with van der Waals surface area (Å²) in [4.78, 5) is 30.8. The fourth-order valence-corrected chi connectivity index (χ4v) is 2.07. The average Bonchev–Trinajstić information content (AvgIpc) is 2.34. The highest BCUT2D eigenvalue weighted by molar-refractivity contribution is 4.83. The van der Waals surface area contributed by atoms with Crippen LogP contribution in [0.2, 0.25) is 0 Å². The third-order valence-electron chi connectivity index (χ3n) is 2.80. The summed E-state index contributed by atoms with van der Waals surface area (Å²) in [6, 6.07) is -0.622. The molecule has 0 unspecified atom stereocenters. The Morgan fingerprint density at radius 1 is 0.938 bits per heavy atom. The predicted octanol–water partition coefficient (Wildman–Crippen LogP) is 1.39. The van der Waals surface area contributed by atoms with Crippen molar-refractivity contribution < 1.29 is 9.68 Å². The van der Waals surface area contributed by atoms with Crippen molar-refractivity contribution >= 4 is 0 Å². The smallest absolute Gasteiger partial charge is 0.104 e. The molecular weight excluding hydrogens is 216 g/mol. The molecule has 0 amide bonds. The molecule has 0 aromatic carbocycles. The molecule has 0 aromatic heterocycles. The summed E-state index contributed by atoms with van der Waals surface area (Å²) in [7, 11) is 2.72. The Hall–Kier alpha value is -1.28. The zero-order chi connectivity index (χ0) is 12.0. The lowest BCUT2D eigenvalue weighted by molar-refractivity contribution is -0.235. The SMILES string of the molecule is CON(N=O)[C@@H]1CCCC[C@@H]1N(N=O)OC. The first-order valence-electron chi connectivity index (χ1n) is 5.11. The highest BCUT2D eigenvalue weighted by Gasteiger charge is 2.36. The van der Waals surface area contributed by atoms with Crippen LogP contribution < -0.4 is 0 Å². The summed E-state index contributed by atoms with van der Waals surface area (Å²) in [5, 5.41) is 7.45. The Morgan fingerprint density at radius 3 is 1.56 bits per heavy atom. The topological polar surface area (TPSA) is 83.8 Å². The van der Waals surface area contributed by atoms with E-state index in [1.54, 1.807) is 0 Å². The predicted molar refractivity (Wildman–Crippen MR) is 55.3 cm³/mol. The zero-order valence-electron chi connectivity index (χ0n) is 9.40. The van der Waals surface area contributed by atoms with Crippen LogP contribution in [0.25, 0.3) is 0 Å². The van der Waals surface area contributed by atoms with E-state index in [0.29, 0.717) is 12.8 Å². The van der Waals surface area contributed by atoms with Gasteiger partial charge in [-0.1, -0.05) is 12.8 Å². The van der Waals surface area contributed by atoms with Gasteiger partial charge in [0.2, 0.25) is 0 Å². The highest BCUT2D eigenvalue weighted by Crippen LogP contribution is 2.27. The van der Waals surface area contributed by atoms with Gasteiger partial charge in [-0.25, -0.2) is 0 Å². The zero-order valence-corrected chi connectivity index (χ0v) is 9.40. The van der Waals surface area contributed by atoms with Crippen LogP contribution in [0.4, 0.5) is 0 Å². The number of nitrogens with zero attached hydrogens (tertiary/aromatic N) is 4. The van der Waals surface area contributed by atoms with Gasteiger partial charge in [0.1, 0.15) is 12.1 Å². The van der Waals surface area contributed by atoms with Gasteiger partial charge < -0.3 is 0 Å². The van der Waals surface area contributed by atoms with Crippen molar-refractivity contribution in [2.24, 2.45) is 10.6 Å². The summed E-state index contributed by atoms with van der Waals surface area (Å²) >= 11 is 0. The molecule has 16 heavy (non-hydrogen) atoms. The average molecular weight is 232 g/mol. The van der Waals surface area contributed by atoms with Crippen molar-refractivity contribution in [2.75, 3.05) is 14.2 Å². The van der Waals surface area contributed by atoms with Gasteiger partial charge in [-0.3, -0.25) is 9.68 Å². The maximum atomic E-state index is 10.6. The van der Waals surface area contributed by atoms with Crippen LogP contribution in [0.15, 0.2) is 10.6 Å². The van der Waals surface area contributed by atoms with Crippen molar-refractivity contribution in [3.63, 3.8) is 0 Å². The molecule has 8 nitrogen and oxygen atoms in total. The number of hydroxylamine groups is 2. The molecule has 0 radical (unpaired) electrons. The van der Waals surface area contributed by atoms with Crippen LogP contribution in [0, 0.1) is 9.81 Å². The van der Waals surface area contributed by atoms with E-state index >= 15 is 0 Å². The molecule has 92 valence electrons. The molecule has 0 aromatic rings. The largest absolute Gasteiger partial charge is 0.257 e. The van der Waals surface area contributed by atoms with Gasteiger partial charge in [0.15, 0.2) is 0 Å². The van der Waals surface area contributed by atoms with Gasteiger partial charge in [0.05, 0.1) is 24.8 Å². The van der Waals surface area contributed by atoms with E-state index in [4.69, 9.17) is 9.68 Å². The summed E-state index contributed by atoms with van der Waals surface area (Å²) < 4.78 is 0. The van der Waals surface area contributed by atoms with E-state index in [1.807, 2.05) is 0 Å². The van der Waals surface area contributed by atoms with E-state index in [2.05, 4.69) is 10.6 Å². The van der Waals surface area contributed by atoms with Crippen LogP contribution in [-0.4, -0.2) is 36.6 Å². The van der Waals surface area contributed by atoms with Gasteiger partial charge in [-0.2, -0.15) is 0 Å². The molecule has 1 rings (SSSR count). The first kappa shape index (κ1) is 12.8. The minimum atomic E-state index is -0.311. The van der Waals surface area contributed by atoms with Gasteiger partial charge in [-0.05, 0) is 12.8 Å². The first-order valence-corrected chi connectivity index (χ1v) is 5.11. The van der Waals surface area contributed by atoms with Crippen LogP contribution in [0.1, 0.15) is 25.7 Å². The maximum absolute atomic E-state index is 10.6. The Morgan fingerprint density at radius 2 is 1.31 bits per heavy atom. The molecule has 8 heteroatoms. The number of rotatable bonds is 6. The normalized spacial score (nSPS) is 24.9. The van der Waals surface area contributed by atoms with Gasteiger partial charge in [0.25, 0.3) is 0 Å². The van der Waals surface area contributed by atoms with Crippen molar-refractivity contribution in [1.82, 2.24) is 10.3 Å². The van der Waals surface area contributed by atoms with Crippen LogP contribution in [0.3, 0.4) is 0 Å². The molecule has 0 spiro atoms. The van der Waals surface area contributed by atoms with Crippen molar-refractivity contribution in [3.8, 4) is 0 Å². The lowest BCUT2D eigenvalue weighted by Crippen LogP contribution is -2.49. The van der Waals surface area contributed by atoms with Gasteiger partial charge >= 0.3 is 0 Å². The van der Waals surface area contributed by atoms with Crippen molar-refractivity contribution in [1.29, 1.82) is 0 Å². The van der Waals surface area contributed by atoms with E-state index in [-0.39, 0.29) is 12.1 Å². The summed E-state index contributed by atoms with van der Waals surface area (Å²) in [5.41, 5.74) is 0. The monoisotopic (exact) mass is 232 g/mol. The molecule has 0 bridgehead atoms. The third-order valence-corrected chi connectivity index (χ3v) is 2.80. The van der Waals surface area contributed by atoms with E-state index in [9.17, 15) is 9.81 Å². The molecule has 1 fully saturated rings. The Kier molecular flexibility index (Phi) is 5.06. The Labute approximate surface area is 93.3 Å². The summed E-state index contributed by atoms with van der Waals surface area (Å²) in [6.45, 7) is 0. The van der Waals surface area contributed by atoms with Crippen LogP contribution >= 0.6 is 0 Å². The fourth-order valence-electron chi connectivity index (χ4n) is 2.07. The molecular formula is C8H16N4O4. The standard InChI is InChI=1S/C8H16N4O4/c1-15-11(9-13)7-5-3-4-6-8(7)12(10-14)16-2/h7-8H,3-6H2,1-2H3/t7-,8+. The van der Waals surface area contributed by atoms with E-state index in [0.717, 1.165) is 23.2 Å². The van der Waals surface area contributed by atoms with Gasteiger partial charge in [0, 0.05) is 0 Å². The van der Waals surface area contributed by atoms with Crippen molar-refractivity contribution in [2.45, 2.75) is 37.8 Å². The number of hydrogen-bond acceptors (Lipinski definition) is 6. The molecule has 0 N–H and O–H groups in total. The van der Waals surface area contributed by atoms with Crippen LogP contribution in [0.5, 0.6) is 0 Å².